The molecule has 2 aromatic rings. The molecule has 0 fully saturated rings. The fraction of sp³-hybridized carbons (Fsp3) is 0.214. The smallest absolute Gasteiger partial charge is 0.450 e. The van der Waals surface area contributed by atoms with Gasteiger partial charge in [-0.25, -0.2) is 0 Å². The first kappa shape index (κ1) is 16.4. The minimum Gasteiger partial charge on any atom is -0.456 e. The predicted octanol–water partition coefficient (Wildman–Crippen LogP) is 3.61. The van der Waals surface area contributed by atoms with Crippen molar-refractivity contribution >= 4 is 11.6 Å². The molecule has 1 N–H and O–H groups in total. The van der Waals surface area contributed by atoms with Gasteiger partial charge in [0.15, 0.2) is 5.82 Å². The van der Waals surface area contributed by atoms with Crippen LogP contribution >= 0.6 is 0 Å². The normalized spacial score (nSPS) is 12.1. The number of nitriles is 1. The highest BCUT2D eigenvalue weighted by Gasteiger charge is 2.40. The van der Waals surface area contributed by atoms with Crippen LogP contribution in [0, 0.1) is 25.2 Å². The molecule has 0 aliphatic heterocycles. The largest absolute Gasteiger partial charge is 0.456 e. The molecule has 0 bridgehead atoms. The van der Waals surface area contributed by atoms with E-state index in [9.17, 15) is 18.0 Å². The van der Waals surface area contributed by atoms with E-state index in [1.165, 1.54) is 13.0 Å². The van der Waals surface area contributed by atoms with E-state index in [4.69, 9.17) is 9.78 Å². The van der Waals surface area contributed by atoms with E-state index in [0.717, 1.165) is 12.3 Å². The highest BCUT2D eigenvalue weighted by molar-refractivity contribution is 6.12. The summed E-state index contributed by atoms with van der Waals surface area (Å²) in [6.45, 7) is 2.90. The van der Waals surface area contributed by atoms with Gasteiger partial charge in [0.25, 0.3) is 0 Å². The molecule has 0 spiro atoms. The average molecular weight is 325 g/mol. The van der Waals surface area contributed by atoms with Gasteiger partial charge in [-0.2, -0.15) is 18.4 Å². The summed E-state index contributed by atoms with van der Waals surface area (Å²) in [5.74, 6) is -1.93. The Kier molecular flexibility index (Phi) is 4.27. The number of carbonyl (C=O) groups is 1. The summed E-state index contributed by atoms with van der Waals surface area (Å²) < 4.78 is 47.9. The second-order valence-corrected chi connectivity index (χ2v) is 4.56. The maximum atomic E-state index is 12.9. The molecule has 23 heavy (non-hydrogen) atoms. The Labute approximate surface area is 128 Å². The topological polar surface area (TPSA) is 92.1 Å². The van der Waals surface area contributed by atoms with Crippen molar-refractivity contribution in [2.45, 2.75) is 20.0 Å². The molecule has 0 aliphatic rings. The number of nitrogens with zero attached hydrogens (tertiary/aromatic N) is 2. The number of hydrogen-bond donors (Lipinski definition) is 1. The Morgan fingerprint density at radius 2 is 2.04 bits per heavy atom. The molecule has 9 heteroatoms. The molecule has 2 heterocycles. The van der Waals surface area contributed by atoms with Crippen molar-refractivity contribution in [1.29, 1.82) is 5.26 Å². The van der Waals surface area contributed by atoms with Crippen molar-refractivity contribution in [2.24, 2.45) is 0 Å². The maximum Gasteiger partial charge on any atom is 0.450 e. The molecule has 2 aromatic heterocycles. The number of nitrogens with one attached hydrogen (secondary N) is 1. The van der Waals surface area contributed by atoms with Gasteiger partial charge in [-0.05, 0) is 19.9 Å². The van der Waals surface area contributed by atoms with Gasteiger partial charge in [-0.15, -0.1) is 0 Å². The van der Waals surface area contributed by atoms with Gasteiger partial charge in [0.1, 0.15) is 23.2 Å². The van der Waals surface area contributed by atoms with E-state index in [2.05, 4.69) is 14.9 Å². The van der Waals surface area contributed by atoms with Gasteiger partial charge in [-0.3, -0.25) is 4.79 Å². The molecule has 0 amide bonds. The third kappa shape index (κ3) is 3.60. The number of anilines is 1. The summed E-state index contributed by atoms with van der Waals surface area (Å²) in [5, 5.41) is 15.1. The van der Waals surface area contributed by atoms with E-state index in [0.29, 0.717) is 5.76 Å². The van der Waals surface area contributed by atoms with E-state index in [1.54, 1.807) is 13.0 Å². The van der Waals surface area contributed by atoms with Crippen LogP contribution in [0.1, 0.15) is 27.6 Å². The van der Waals surface area contributed by atoms with Gasteiger partial charge < -0.3 is 14.3 Å². The van der Waals surface area contributed by atoms with Gasteiger partial charge in [0.2, 0.25) is 11.5 Å². The van der Waals surface area contributed by atoms with Crippen LogP contribution in [0.15, 0.2) is 32.8 Å². The first-order chi connectivity index (χ1) is 10.7. The van der Waals surface area contributed by atoms with Crippen LogP contribution in [0.25, 0.3) is 0 Å². The molecule has 0 saturated heterocycles. The zero-order valence-corrected chi connectivity index (χ0v) is 12.0. The Morgan fingerprint density at radius 3 is 2.57 bits per heavy atom. The third-order valence-electron chi connectivity index (χ3n) is 2.71. The van der Waals surface area contributed by atoms with Crippen LogP contribution < -0.4 is 5.32 Å². The second kappa shape index (κ2) is 6.00. The molecule has 120 valence electrons. The zero-order valence-electron chi connectivity index (χ0n) is 12.0. The summed E-state index contributed by atoms with van der Waals surface area (Å²) in [5.41, 5.74) is -1.25. The summed E-state index contributed by atoms with van der Waals surface area (Å²) in [7, 11) is 0. The number of hydrogen-bond acceptors (Lipinski definition) is 6. The molecule has 6 nitrogen and oxygen atoms in total. The molecular formula is C14H10F3N3O3. The number of carbonyl (C=O) groups excluding carboxylic acids is 1. The van der Waals surface area contributed by atoms with Crippen LogP contribution in [-0.2, 0) is 6.18 Å². The lowest BCUT2D eigenvalue weighted by Gasteiger charge is -2.05. The lowest BCUT2D eigenvalue weighted by atomic mass is 10.1. The predicted molar refractivity (Wildman–Crippen MR) is 71.3 cm³/mol. The molecule has 0 saturated carbocycles. The van der Waals surface area contributed by atoms with Crippen molar-refractivity contribution < 1.29 is 26.9 Å². The zero-order chi connectivity index (χ0) is 17.2. The Hall–Kier alpha value is -3.02. The maximum absolute atomic E-state index is 12.9. The second-order valence-electron chi connectivity index (χ2n) is 4.56. The number of alkyl halides is 3. The first-order valence-electron chi connectivity index (χ1n) is 6.25. The number of furan rings is 1. The fourth-order valence-electron chi connectivity index (χ4n) is 1.77. The summed E-state index contributed by atoms with van der Waals surface area (Å²) in [6.07, 6.45) is -3.88. The quantitative estimate of drug-likeness (QED) is 0.524. The lowest BCUT2D eigenvalue weighted by Crippen LogP contribution is -2.12. The van der Waals surface area contributed by atoms with Crippen LogP contribution in [0.3, 0.4) is 0 Å². The third-order valence-corrected chi connectivity index (χ3v) is 2.71. The van der Waals surface area contributed by atoms with Gasteiger partial charge in [-0.1, -0.05) is 5.16 Å². The molecule has 2 rings (SSSR count). The van der Waals surface area contributed by atoms with Crippen molar-refractivity contribution in [3.8, 4) is 6.07 Å². The van der Waals surface area contributed by atoms with Crippen LogP contribution in [0.5, 0.6) is 0 Å². The average Bonchev–Trinajstić information content (AvgIpc) is 3.05. The van der Waals surface area contributed by atoms with Gasteiger partial charge in [0, 0.05) is 12.3 Å². The Balaban J connectivity index is 2.32. The van der Waals surface area contributed by atoms with E-state index in [1.807, 2.05) is 0 Å². The van der Waals surface area contributed by atoms with Crippen LogP contribution in [0.2, 0.25) is 0 Å². The lowest BCUT2D eigenvalue weighted by molar-refractivity contribution is -0.153. The van der Waals surface area contributed by atoms with Crippen molar-refractivity contribution in [3.63, 3.8) is 0 Å². The number of aromatic nitrogens is 1. The molecule has 0 radical (unpaired) electrons. The first-order valence-corrected chi connectivity index (χ1v) is 6.25. The summed E-state index contributed by atoms with van der Waals surface area (Å²) in [6, 6.07) is 3.97. The van der Waals surface area contributed by atoms with E-state index in [-0.39, 0.29) is 11.6 Å². The number of aryl methyl sites for hydroxylation is 2. The number of rotatable bonds is 4. The molecule has 0 unspecified atom stereocenters. The molecule has 0 aliphatic carbocycles. The van der Waals surface area contributed by atoms with Crippen LogP contribution in [-0.4, -0.2) is 10.9 Å². The highest BCUT2D eigenvalue weighted by atomic mass is 19.4. The number of allylic oxidation sites excluding steroid dienone is 1. The minimum atomic E-state index is -4.84. The summed E-state index contributed by atoms with van der Waals surface area (Å²) in [4.78, 5) is 12.1. The standard InChI is InChI=1S/C14H10F3N3O3/c1-7-3-10(13(22-7)14(15,16)17)12(21)9(5-18)6-19-11-4-8(2)23-20-11/h3-4,6H,1-2H3,(H,19,20)/b9-6-. The minimum absolute atomic E-state index is 0.0851. The SMILES string of the molecule is Cc1cc(N/C=C(/C#N)C(=O)c2cc(C)oc2C(F)(F)F)no1. The van der Waals surface area contributed by atoms with Gasteiger partial charge in [0.05, 0.1) is 5.56 Å². The van der Waals surface area contributed by atoms with Gasteiger partial charge >= 0.3 is 6.18 Å². The Bertz CT molecular complexity index is 809. The number of ketones is 1. The van der Waals surface area contributed by atoms with Crippen molar-refractivity contribution in [3.05, 3.63) is 46.7 Å². The van der Waals surface area contributed by atoms with Crippen molar-refractivity contribution in [1.82, 2.24) is 5.16 Å². The number of Topliss-reactive ketones (excluding diaryl/α,β-unsaturated/α-hetero) is 1. The molecule has 0 atom stereocenters. The molecular weight excluding hydrogens is 315 g/mol. The summed E-state index contributed by atoms with van der Waals surface area (Å²) >= 11 is 0. The monoisotopic (exact) mass is 325 g/mol. The Morgan fingerprint density at radius 1 is 1.35 bits per heavy atom. The molecule has 0 aromatic carbocycles. The highest BCUT2D eigenvalue weighted by Crippen LogP contribution is 2.35. The van der Waals surface area contributed by atoms with Crippen molar-refractivity contribution in [2.75, 3.05) is 5.32 Å². The van der Waals surface area contributed by atoms with E-state index >= 15 is 0 Å². The van der Waals surface area contributed by atoms with E-state index < -0.39 is 28.9 Å². The fourth-order valence-corrected chi connectivity index (χ4v) is 1.77. The number of halogens is 3. The van der Waals surface area contributed by atoms with Crippen LogP contribution in [0.4, 0.5) is 19.0 Å².